The highest BCUT2D eigenvalue weighted by molar-refractivity contribution is 5.24. The molecule has 0 bridgehead atoms. The first kappa shape index (κ1) is 18.4. The first-order valence-corrected chi connectivity index (χ1v) is 8.70. The van der Waals surface area contributed by atoms with Crippen LogP contribution in [0.2, 0.25) is 0 Å². The van der Waals surface area contributed by atoms with E-state index in [1.165, 1.54) is 11.3 Å². The monoisotopic (exact) mass is 324 g/mol. The lowest BCUT2D eigenvalue weighted by Gasteiger charge is -2.33. The number of methoxy groups -OCH3 is 1. The second-order valence-electron chi connectivity index (χ2n) is 6.53. The van der Waals surface area contributed by atoms with Gasteiger partial charge in [0.25, 0.3) is 0 Å². The Labute approximate surface area is 139 Å². The van der Waals surface area contributed by atoms with E-state index in [-0.39, 0.29) is 6.10 Å². The number of hydrogen-bond donors (Lipinski definition) is 2. The SMILES string of the molecule is CCn1nc(C)c(CNC2CCN(CC(O)COC)CC2)c1C. The van der Waals surface area contributed by atoms with Crippen molar-refractivity contribution in [2.24, 2.45) is 0 Å². The standard InChI is InChI=1S/C17H32N4O2/c1-5-21-14(3)17(13(2)19-21)10-18-15-6-8-20(9-7-15)11-16(22)12-23-4/h15-16,18,22H,5-12H2,1-4H3. The molecule has 0 saturated carbocycles. The number of likely N-dealkylation sites (tertiary alicyclic amines) is 1. The van der Waals surface area contributed by atoms with Crippen LogP contribution in [0.3, 0.4) is 0 Å². The molecule has 1 aromatic heterocycles. The predicted octanol–water partition coefficient (Wildman–Crippen LogP) is 1.08. The van der Waals surface area contributed by atoms with Crippen molar-refractivity contribution in [3.8, 4) is 0 Å². The molecule has 2 heterocycles. The lowest BCUT2D eigenvalue weighted by molar-refractivity contribution is 0.0310. The molecule has 0 spiro atoms. The molecule has 0 aromatic carbocycles. The van der Waals surface area contributed by atoms with Crippen LogP contribution < -0.4 is 5.32 Å². The van der Waals surface area contributed by atoms with Crippen LogP contribution in [-0.2, 0) is 17.8 Å². The quantitative estimate of drug-likeness (QED) is 0.749. The smallest absolute Gasteiger partial charge is 0.0900 e. The lowest BCUT2D eigenvalue weighted by Crippen LogP contribution is -2.45. The number of aliphatic hydroxyl groups is 1. The van der Waals surface area contributed by atoms with Gasteiger partial charge in [-0.05, 0) is 46.7 Å². The first-order chi connectivity index (χ1) is 11.0. The Hall–Kier alpha value is -0.950. The van der Waals surface area contributed by atoms with E-state index in [2.05, 4.69) is 40.8 Å². The number of nitrogens with zero attached hydrogens (tertiary/aromatic N) is 3. The summed E-state index contributed by atoms with van der Waals surface area (Å²) in [5, 5.41) is 18.1. The zero-order valence-corrected chi connectivity index (χ0v) is 15.0. The van der Waals surface area contributed by atoms with E-state index < -0.39 is 0 Å². The number of piperidine rings is 1. The third kappa shape index (κ3) is 5.01. The average Bonchev–Trinajstić information content (AvgIpc) is 2.81. The molecule has 0 aliphatic carbocycles. The predicted molar refractivity (Wildman–Crippen MR) is 91.6 cm³/mol. The summed E-state index contributed by atoms with van der Waals surface area (Å²) < 4.78 is 7.07. The van der Waals surface area contributed by atoms with Gasteiger partial charge in [0.2, 0.25) is 0 Å². The van der Waals surface area contributed by atoms with Gasteiger partial charge in [0, 0.05) is 44.0 Å². The molecule has 6 heteroatoms. The van der Waals surface area contributed by atoms with Gasteiger partial charge in [0.05, 0.1) is 18.4 Å². The Kier molecular flexibility index (Phi) is 7.02. The van der Waals surface area contributed by atoms with Crippen molar-refractivity contribution in [1.82, 2.24) is 20.0 Å². The van der Waals surface area contributed by atoms with Gasteiger partial charge in [-0.2, -0.15) is 5.10 Å². The minimum absolute atomic E-state index is 0.380. The summed E-state index contributed by atoms with van der Waals surface area (Å²) in [7, 11) is 1.63. The number of ether oxygens (including phenoxy) is 1. The molecule has 2 rings (SSSR count). The Balaban J connectivity index is 1.76. The van der Waals surface area contributed by atoms with Crippen LogP contribution in [0.1, 0.15) is 36.7 Å². The number of aliphatic hydroxyl groups excluding tert-OH is 1. The maximum atomic E-state index is 9.81. The Morgan fingerprint density at radius 2 is 2.04 bits per heavy atom. The normalized spacial score (nSPS) is 18.5. The summed E-state index contributed by atoms with van der Waals surface area (Å²) in [4.78, 5) is 2.33. The largest absolute Gasteiger partial charge is 0.389 e. The van der Waals surface area contributed by atoms with Crippen molar-refractivity contribution >= 4 is 0 Å². The molecule has 1 fully saturated rings. The number of rotatable bonds is 8. The third-order valence-corrected chi connectivity index (χ3v) is 4.81. The van der Waals surface area contributed by atoms with Gasteiger partial charge in [-0.1, -0.05) is 0 Å². The van der Waals surface area contributed by atoms with E-state index in [1.54, 1.807) is 7.11 Å². The lowest BCUT2D eigenvalue weighted by atomic mass is 10.0. The van der Waals surface area contributed by atoms with E-state index >= 15 is 0 Å². The van der Waals surface area contributed by atoms with Gasteiger partial charge in [-0.3, -0.25) is 4.68 Å². The van der Waals surface area contributed by atoms with Gasteiger partial charge in [-0.25, -0.2) is 0 Å². The van der Waals surface area contributed by atoms with Crippen LogP contribution in [0.15, 0.2) is 0 Å². The number of nitrogens with one attached hydrogen (secondary N) is 1. The number of aromatic nitrogens is 2. The first-order valence-electron chi connectivity index (χ1n) is 8.70. The van der Waals surface area contributed by atoms with Gasteiger partial charge >= 0.3 is 0 Å². The fraction of sp³-hybridized carbons (Fsp3) is 0.824. The number of hydrogen-bond acceptors (Lipinski definition) is 5. The van der Waals surface area contributed by atoms with E-state index in [1.807, 2.05) is 0 Å². The summed E-state index contributed by atoms with van der Waals surface area (Å²) in [6, 6.07) is 0.551. The van der Waals surface area contributed by atoms with Gasteiger partial charge in [-0.15, -0.1) is 0 Å². The molecule has 1 unspecified atom stereocenters. The van der Waals surface area contributed by atoms with Gasteiger partial charge in [0.15, 0.2) is 0 Å². The van der Waals surface area contributed by atoms with E-state index in [4.69, 9.17) is 4.74 Å². The Morgan fingerprint density at radius 3 is 2.61 bits per heavy atom. The maximum absolute atomic E-state index is 9.81. The fourth-order valence-corrected chi connectivity index (χ4v) is 3.41. The number of aryl methyl sites for hydroxylation is 2. The summed E-state index contributed by atoms with van der Waals surface area (Å²) in [6.07, 6.45) is 1.87. The summed E-state index contributed by atoms with van der Waals surface area (Å²) in [6.45, 7) is 11.4. The van der Waals surface area contributed by atoms with Crippen LogP contribution >= 0.6 is 0 Å². The second-order valence-corrected chi connectivity index (χ2v) is 6.53. The van der Waals surface area contributed by atoms with Crippen LogP contribution in [-0.4, -0.2) is 65.3 Å². The summed E-state index contributed by atoms with van der Waals surface area (Å²) in [5.41, 5.74) is 3.75. The molecule has 1 aliphatic heterocycles. The van der Waals surface area contributed by atoms with Gasteiger partial charge in [0.1, 0.15) is 0 Å². The fourth-order valence-electron chi connectivity index (χ4n) is 3.41. The highest BCUT2D eigenvalue weighted by Crippen LogP contribution is 2.15. The Morgan fingerprint density at radius 1 is 1.35 bits per heavy atom. The average molecular weight is 324 g/mol. The maximum Gasteiger partial charge on any atom is 0.0900 e. The van der Waals surface area contributed by atoms with E-state index in [0.717, 1.165) is 44.7 Å². The molecular formula is C17H32N4O2. The molecule has 1 aliphatic rings. The molecule has 1 saturated heterocycles. The van der Waals surface area contributed by atoms with Crippen molar-refractivity contribution in [3.05, 3.63) is 17.0 Å². The van der Waals surface area contributed by atoms with Gasteiger partial charge < -0.3 is 20.1 Å². The molecule has 132 valence electrons. The number of β-amino-alcohol motifs (C(OH)–C–C–N with tert-alkyl or cyclic N) is 1. The Bertz CT molecular complexity index is 481. The van der Waals surface area contributed by atoms with Crippen LogP contribution in [0, 0.1) is 13.8 Å². The molecule has 0 radical (unpaired) electrons. The van der Waals surface area contributed by atoms with E-state index in [9.17, 15) is 5.11 Å². The minimum atomic E-state index is -0.380. The highest BCUT2D eigenvalue weighted by atomic mass is 16.5. The summed E-state index contributed by atoms with van der Waals surface area (Å²) in [5.74, 6) is 0. The van der Waals surface area contributed by atoms with Crippen LogP contribution in [0.5, 0.6) is 0 Å². The van der Waals surface area contributed by atoms with E-state index in [0.29, 0.717) is 19.2 Å². The second kappa shape index (κ2) is 8.78. The van der Waals surface area contributed by atoms with Crippen LogP contribution in [0.25, 0.3) is 0 Å². The molecular weight excluding hydrogens is 292 g/mol. The summed E-state index contributed by atoms with van der Waals surface area (Å²) >= 11 is 0. The zero-order valence-electron chi connectivity index (χ0n) is 15.0. The molecule has 1 aromatic rings. The highest BCUT2D eigenvalue weighted by Gasteiger charge is 2.21. The van der Waals surface area contributed by atoms with Crippen molar-refractivity contribution in [3.63, 3.8) is 0 Å². The topological polar surface area (TPSA) is 62.6 Å². The molecule has 6 nitrogen and oxygen atoms in total. The van der Waals surface area contributed by atoms with Crippen molar-refractivity contribution in [2.45, 2.75) is 58.8 Å². The third-order valence-electron chi connectivity index (χ3n) is 4.81. The molecule has 23 heavy (non-hydrogen) atoms. The molecule has 0 amide bonds. The van der Waals surface area contributed by atoms with Crippen molar-refractivity contribution < 1.29 is 9.84 Å². The molecule has 1 atom stereocenters. The van der Waals surface area contributed by atoms with Crippen molar-refractivity contribution in [2.75, 3.05) is 33.4 Å². The van der Waals surface area contributed by atoms with Crippen molar-refractivity contribution in [1.29, 1.82) is 0 Å². The molecule has 2 N–H and O–H groups in total. The zero-order chi connectivity index (χ0) is 16.8. The van der Waals surface area contributed by atoms with Crippen LogP contribution in [0.4, 0.5) is 0 Å². The minimum Gasteiger partial charge on any atom is -0.389 e.